The van der Waals surface area contributed by atoms with Crippen LogP contribution in [-0.4, -0.2) is 193 Å². The predicted molar refractivity (Wildman–Crippen MR) is 248 cm³/mol. The van der Waals surface area contributed by atoms with Crippen LogP contribution in [0.4, 0.5) is 0 Å². The number of rotatable bonds is 35. The lowest BCUT2D eigenvalue weighted by Crippen LogP contribution is -2.65. The number of unbranched alkanes of at least 4 members (excludes halogenated alkanes) is 12. The molecule has 3 aliphatic heterocycles. The highest BCUT2D eigenvalue weighted by molar-refractivity contribution is 5.71. The Hall–Kier alpha value is -2.19. The van der Waals surface area contributed by atoms with E-state index in [2.05, 4.69) is 0 Å². The number of aliphatic hydroxyl groups is 9. The maximum Gasteiger partial charge on any atom is 0.332 e. The molecule has 3 aliphatic rings. The monoisotopic (exact) mass is 1010 g/mol. The third kappa shape index (κ3) is 22.1. The zero-order valence-corrected chi connectivity index (χ0v) is 41.8. The quantitative estimate of drug-likeness (QED) is 0.0321. The van der Waals surface area contributed by atoms with E-state index in [4.69, 9.17) is 43.0 Å². The lowest BCUT2D eigenvalue weighted by Gasteiger charge is -2.46. The van der Waals surface area contributed by atoms with Crippen molar-refractivity contribution in [3.8, 4) is 0 Å². The summed E-state index contributed by atoms with van der Waals surface area (Å²) in [5.41, 5.74) is 0. The zero-order chi connectivity index (χ0) is 51.8. The molecule has 3 fully saturated rings. The van der Waals surface area contributed by atoms with Gasteiger partial charge in [-0.3, -0.25) is 9.59 Å². The molecule has 0 radical (unpaired) electrons. The summed E-state index contributed by atoms with van der Waals surface area (Å²) in [5.74, 6) is -2.62. The van der Waals surface area contributed by atoms with Crippen molar-refractivity contribution in [3.63, 3.8) is 0 Å². The van der Waals surface area contributed by atoms with E-state index >= 15 is 0 Å². The van der Waals surface area contributed by atoms with Crippen LogP contribution in [0.5, 0.6) is 0 Å². The number of hydrogen-bond acceptors (Lipinski definition) is 20. The minimum atomic E-state index is -1.91. The van der Waals surface area contributed by atoms with Gasteiger partial charge in [0.25, 0.3) is 0 Å². The third-order valence-corrected chi connectivity index (χ3v) is 13.1. The molecule has 10 N–H and O–H groups in total. The fourth-order valence-corrected chi connectivity index (χ4v) is 8.85. The van der Waals surface area contributed by atoms with Crippen LogP contribution in [0.3, 0.4) is 0 Å². The highest BCUT2D eigenvalue weighted by Gasteiger charge is 2.52. The Labute approximate surface area is 413 Å². The summed E-state index contributed by atoms with van der Waals surface area (Å²) in [5, 5.41) is 106. The second kappa shape index (κ2) is 33.6. The molecule has 410 valence electrons. The molecular formula is C49H88O21. The van der Waals surface area contributed by atoms with Gasteiger partial charge in [-0.1, -0.05) is 111 Å². The SMILES string of the molecule is CCCC[C@@H](CCC[C@H](O)[C@@H](O)CCCCCCCCCCCCCC[C@@H](O)C(=O)O)O[C@H]1OC[C@H](O)[C@@H](O)[C@@H]1O[C@H]1OC[C@H](O)[C@@H](O)[C@@H]1O[C@H]1O[C@@H](COC(=O)CC(C)C)[C@H](OC(C)=O)[C@@H](O)[C@@H]1O. The number of esters is 2. The van der Waals surface area contributed by atoms with Crippen LogP contribution >= 0.6 is 0 Å². The highest BCUT2D eigenvalue weighted by Crippen LogP contribution is 2.33. The van der Waals surface area contributed by atoms with Crippen molar-refractivity contribution in [2.45, 2.75) is 267 Å². The Bertz CT molecular complexity index is 1440. The molecule has 21 heteroatoms. The lowest BCUT2D eigenvalue weighted by molar-refractivity contribution is -0.380. The number of carboxylic acids is 1. The molecule has 0 aliphatic carbocycles. The Morgan fingerprint density at radius 3 is 1.60 bits per heavy atom. The van der Waals surface area contributed by atoms with Gasteiger partial charge in [0.05, 0.1) is 31.5 Å². The van der Waals surface area contributed by atoms with Crippen molar-refractivity contribution in [1.29, 1.82) is 0 Å². The van der Waals surface area contributed by atoms with Gasteiger partial charge in [0.2, 0.25) is 0 Å². The average Bonchev–Trinajstić information content (AvgIpc) is 3.31. The number of aliphatic hydroxyl groups excluding tert-OH is 9. The number of hydrogen-bond donors (Lipinski definition) is 10. The van der Waals surface area contributed by atoms with Crippen LogP contribution < -0.4 is 0 Å². The highest BCUT2D eigenvalue weighted by atomic mass is 16.8. The van der Waals surface area contributed by atoms with Gasteiger partial charge in [-0.2, -0.15) is 0 Å². The van der Waals surface area contributed by atoms with Crippen LogP contribution in [0.2, 0.25) is 0 Å². The van der Waals surface area contributed by atoms with Gasteiger partial charge in [0.1, 0.15) is 61.5 Å². The molecule has 3 saturated heterocycles. The Morgan fingerprint density at radius 2 is 1.07 bits per heavy atom. The Morgan fingerprint density at radius 1 is 0.586 bits per heavy atom. The molecule has 3 rings (SSSR count). The molecule has 21 nitrogen and oxygen atoms in total. The summed E-state index contributed by atoms with van der Waals surface area (Å²) in [6.07, 6.45) is -7.77. The molecule has 0 aromatic carbocycles. The van der Waals surface area contributed by atoms with Crippen molar-refractivity contribution in [2.75, 3.05) is 19.8 Å². The summed E-state index contributed by atoms with van der Waals surface area (Å²) < 4.78 is 46.5. The summed E-state index contributed by atoms with van der Waals surface area (Å²) in [4.78, 5) is 35.0. The number of aliphatic carboxylic acids is 1. The molecule has 0 saturated carbocycles. The number of carbonyl (C=O) groups excluding carboxylic acids is 2. The van der Waals surface area contributed by atoms with Gasteiger partial charge >= 0.3 is 17.9 Å². The summed E-state index contributed by atoms with van der Waals surface area (Å²) in [7, 11) is 0. The first-order valence-electron chi connectivity index (χ1n) is 25.9. The maximum absolute atomic E-state index is 12.4. The van der Waals surface area contributed by atoms with Gasteiger partial charge in [-0.25, -0.2) is 4.79 Å². The Kier molecular flexibility index (Phi) is 29.8. The van der Waals surface area contributed by atoms with E-state index in [1.165, 1.54) is 0 Å². The van der Waals surface area contributed by atoms with E-state index in [1.807, 2.05) is 6.92 Å². The molecule has 70 heavy (non-hydrogen) atoms. The molecule has 0 aromatic rings. The number of carboxylic acid groups (broad SMARTS) is 1. The van der Waals surface area contributed by atoms with Crippen molar-refractivity contribution in [3.05, 3.63) is 0 Å². The molecule has 0 bridgehead atoms. The van der Waals surface area contributed by atoms with E-state index in [9.17, 15) is 60.3 Å². The summed E-state index contributed by atoms with van der Waals surface area (Å²) in [6, 6.07) is 0. The van der Waals surface area contributed by atoms with Crippen molar-refractivity contribution in [2.24, 2.45) is 5.92 Å². The topological polar surface area (TPSA) is 327 Å². The van der Waals surface area contributed by atoms with E-state index in [-0.39, 0.29) is 18.9 Å². The van der Waals surface area contributed by atoms with E-state index in [1.54, 1.807) is 13.8 Å². The van der Waals surface area contributed by atoms with Crippen LogP contribution in [-0.2, 0) is 52.3 Å². The van der Waals surface area contributed by atoms with Gasteiger partial charge in [0, 0.05) is 13.3 Å². The fourth-order valence-electron chi connectivity index (χ4n) is 8.85. The van der Waals surface area contributed by atoms with E-state index < -0.39 is 135 Å². The largest absolute Gasteiger partial charge is 0.479 e. The first-order chi connectivity index (χ1) is 33.3. The third-order valence-electron chi connectivity index (χ3n) is 13.1. The second-order valence-corrected chi connectivity index (χ2v) is 19.7. The van der Waals surface area contributed by atoms with Crippen LogP contribution in [0.25, 0.3) is 0 Å². The fraction of sp³-hybridized carbons (Fsp3) is 0.939. The number of ether oxygens (including phenoxy) is 8. The first kappa shape index (κ1) is 62.1. The van der Waals surface area contributed by atoms with Gasteiger partial charge in [-0.05, 0) is 44.4 Å². The second-order valence-electron chi connectivity index (χ2n) is 19.7. The van der Waals surface area contributed by atoms with Crippen molar-refractivity contribution < 1.29 is 103 Å². The van der Waals surface area contributed by atoms with Crippen LogP contribution in [0, 0.1) is 5.92 Å². The van der Waals surface area contributed by atoms with Gasteiger partial charge in [-0.15, -0.1) is 0 Å². The summed E-state index contributed by atoms with van der Waals surface area (Å²) in [6.45, 7) is 5.41. The van der Waals surface area contributed by atoms with Crippen LogP contribution in [0.1, 0.15) is 163 Å². The van der Waals surface area contributed by atoms with Crippen molar-refractivity contribution in [1.82, 2.24) is 0 Å². The standard InChI is InChI=1S/C49H88O21/c1-5-6-20-31(21-19-24-33(52)32(51)22-17-15-13-11-9-7-8-10-12-14-16-18-23-34(53)46(61)62)67-48-44(39(57)35(54)26-64-48)70-49-45(40(58)36(55)27-65-49)69-47-42(60)41(59)43(66-30(4)50)37(68-47)28-63-38(56)25-29(2)3/h29,31-37,39-45,47-49,51-55,57-60H,5-28H2,1-4H3,(H,61,62)/t31-,32-,33-,34+,35-,36-,37-,39+,40+,41-,42-,43-,44-,45-,47+,48+,49+/m0/s1. The van der Waals surface area contributed by atoms with Crippen molar-refractivity contribution >= 4 is 17.9 Å². The molecule has 17 atom stereocenters. The van der Waals surface area contributed by atoms with E-state index in [0.717, 1.165) is 96.8 Å². The molecule has 3 heterocycles. The first-order valence-corrected chi connectivity index (χ1v) is 25.9. The number of carbonyl (C=O) groups is 3. The normalized spacial score (nSPS) is 31.2. The molecular weight excluding hydrogens is 925 g/mol. The molecule has 0 spiro atoms. The maximum atomic E-state index is 12.4. The van der Waals surface area contributed by atoms with Gasteiger partial charge in [0.15, 0.2) is 31.1 Å². The lowest BCUT2D eigenvalue weighted by atomic mass is 9.98. The minimum Gasteiger partial charge on any atom is -0.479 e. The predicted octanol–water partition coefficient (Wildman–Crippen LogP) is 2.26. The summed E-state index contributed by atoms with van der Waals surface area (Å²) >= 11 is 0. The van der Waals surface area contributed by atoms with E-state index in [0.29, 0.717) is 38.5 Å². The molecule has 0 aromatic heterocycles. The van der Waals surface area contributed by atoms with Crippen LogP contribution in [0.15, 0.2) is 0 Å². The molecule has 0 unspecified atom stereocenters. The average molecular weight is 1010 g/mol. The smallest absolute Gasteiger partial charge is 0.332 e. The molecule has 0 amide bonds. The zero-order valence-electron chi connectivity index (χ0n) is 41.8. The van der Waals surface area contributed by atoms with Gasteiger partial charge < -0.3 is 89.0 Å². The minimum absolute atomic E-state index is 0.0403. The Balaban J connectivity index is 1.52.